The number of anilines is 1. The van der Waals surface area contributed by atoms with E-state index in [2.05, 4.69) is 20.7 Å². The summed E-state index contributed by atoms with van der Waals surface area (Å²) >= 11 is 0. The number of benzene rings is 2. The third-order valence-corrected chi connectivity index (χ3v) is 5.28. The first-order valence-corrected chi connectivity index (χ1v) is 10.7. The van der Waals surface area contributed by atoms with Crippen LogP contribution in [0.25, 0.3) is 16.9 Å². The number of alkyl halides is 3. The SMILES string of the molecule is CNC(=O)c1ccc(-c2cnc3c(NCCC(F)(F)F)cc(Oc4ccc(F)c(F)c4)nn23)cc1C. The van der Waals surface area contributed by atoms with E-state index in [4.69, 9.17) is 4.74 Å². The van der Waals surface area contributed by atoms with Crippen LogP contribution < -0.4 is 15.4 Å². The second-order valence-electron chi connectivity index (χ2n) is 7.85. The molecule has 0 saturated carbocycles. The lowest BCUT2D eigenvalue weighted by Crippen LogP contribution is -2.18. The molecule has 0 bridgehead atoms. The summed E-state index contributed by atoms with van der Waals surface area (Å²) in [6, 6.07) is 9.28. The highest BCUT2D eigenvalue weighted by Gasteiger charge is 2.26. The van der Waals surface area contributed by atoms with Gasteiger partial charge in [-0.2, -0.15) is 13.2 Å². The van der Waals surface area contributed by atoms with Crippen LogP contribution in [0.4, 0.5) is 27.6 Å². The molecule has 1 amide bonds. The van der Waals surface area contributed by atoms with Gasteiger partial charge in [-0.1, -0.05) is 6.07 Å². The topological polar surface area (TPSA) is 80.5 Å². The van der Waals surface area contributed by atoms with E-state index in [1.54, 1.807) is 25.1 Å². The van der Waals surface area contributed by atoms with Gasteiger partial charge in [-0.3, -0.25) is 4.79 Å². The van der Waals surface area contributed by atoms with Gasteiger partial charge in [0.2, 0.25) is 5.88 Å². The van der Waals surface area contributed by atoms with Crippen LogP contribution in [0, 0.1) is 18.6 Å². The van der Waals surface area contributed by atoms with Crippen molar-refractivity contribution in [2.24, 2.45) is 0 Å². The summed E-state index contributed by atoms with van der Waals surface area (Å²) in [6.07, 6.45) is -3.98. The van der Waals surface area contributed by atoms with Gasteiger partial charge in [0, 0.05) is 36.9 Å². The summed E-state index contributed by atoms with van der Waals surface area (Å²) in [5.41, 5.74) is 2.66. The fourth-order valence-electron chi connectivity index (χ4n) is 3.54. The monoisotopic (exact) mass is 505 g/mol. The van der Waals surface area contributed by atoms with Crippen molar-refractivity contribution in [1.82, 2.24) is 19.9 Å². The van der Waals surface area contributed by atoms with E-state index < -0.39 is 30.8 Å². The van der Waals surface area contributed by atoms with Gasteiger partial charge in [0.05, 0.1) is 24.0 Å². The summed E-state index contributed by atoms with van der Waals surface area (Å²) in [5, 5.41) is 9.60. The molecule has 2 N–H and O–H groups in total. The minimum absolute atomic E-state index is 0.0607. The lowest BCUT2D eigenvalue weighted by molar-refractivity contribution is -0.131. The number of aryl methyl sites for hydroxylation is 1. The molecule has 7 nitrogen and oxygen atoms in total. The number of amides is 1. The average molecular weight is 505 g/mol. The minimum Gasteiger partial charge on any atom is -0.437 e. The maximum Gasteiger partial charge on any atom is 0.390 e. The first-order chi connectivity index (χ1) is 17.1. The number of carbonyl (C=O) groups is 1. The Balaban J connectivity index is 1.77. The Hall–Kier alpha value is -4.22. The number of hydrogen-bond acceptors (Lipinski definition) is 5. The standard InChI is InChI=1S/C24H20F5N5O2/c1-13-9-14(3-5-16(13)23(35)30-2)20-12-32-22-19(31-8-7-24(27,28)29)11-21(33-34(20)22)36-15-4-6-17(25)18(26)10-15/h3-6,9-12,31H,7-8H2,1-2H3,(H,30,35). The van der Waals surface area contributed by atoms with E-state index in [0.717, 1.165) is 12.1 Å². The number of nitrogens with zero attached hydrogens (tertiary/aromatic N) is 3. The van der Waals surface area contributed by atoms with E-state index in [1.807, 2.05) is 0 Å². The first kappa shape index (κ1) is 24.9. The quantitative estimate of drug-likeness (QED) is 0.324. The number of nitrogens with one attached hydrogen (secondary N) is 2. The number of carbonyl (C=O) groups excluding carboxylic acids is 1. The van der Waals surface area contributed by atoms with E-state index in [-0.39, 0.29) is 28.9 Å². The van der Waals surface area contributed by atoms with Gasteiger partial charge >= 0.3 is 6.18 Å². The number of rotatable bonds is 7. The van der Waals surface area contributed by atoms with Crippen LogP contribution in [0.1, 0.15) is 22.3 Å². The molecular weight excluding hydrogens is 485 g/mol. The lowest BCUT2D eigenvalue weighted by atomic mass is 10.0. The fraction of sp³-hybridized carbons (Fsp3) is 0.208. The van der Waals surface area contributed by atoms with Crippen molar-refractivity contribution >= 4 is 17.2 Å². The summed E-state index contributed by atoms with van der Waals surface area (Å²) < 4.78 is 72.0. The molecule has 2 aromatic carbocycles. The second-order valence-corrected chi connectivity index (χ2v) is 7.85. The van der Waals surface area contributed by atoms with Crippen molar-refractivity contribution in [1.29, 1.82) is 0 Å². The van der Waals surface area contributed by atoms with Gasteiger partial charge in [0.15, 0.2) is 17.3 Å². The first-order valence-electron chi connectivity index (χ1n) is 10.7. The molecule has 0 spiro atoms. The highest BCUT2D eigenvalue weighted by Crippen LogP contribution is 2.30. The Morgan fingerprint density at radius 1 is 1.08 bits per heavy atom. The van der Waals surface area contributed by atoms with Crippen molar-refractivity contribution < 1.29 is 31.5 Å². The minimum atomic E-state index is -4.37. The number of hydrogen-bond donors (Lipinski definition) is 2. The molecule has 2 heterocycles. The number of ether oxygens (including phenoxy) is 1. The molecule has 188 valence electrons. The van der Waals surface area contributed by atoms with Crippen LogP contribution in [0.5, 0.6) is 11.6 Å². The maximum atomic E-state index is 13.6. The van der Waals surface area contributed by atoms with Gasteiger partial charge < -0.3 is 15.4 Å². The summed E-state index contributed by atoms with van der Waals surface area (Å²) in [6.45, 7) is 1.32. The summed E-state index contributed by atoms with van der Waals surface area (Å²) in [7, 11) is 1.52. The predicted molar refractivity (Wildman–Crippen MR) is 122 cm³/mol. The molecule has 0 aliphatic rings. The van der Waals surface area contributed by atoms with Crippen molar-refractivity contribution in [3.8, 4) is 22.9 Å². The molecule has 12 heteroatoms. The zero-order chi connectivity index (χ0) is 26.0. The largest absolute Gasteiger partial charge is 0.437 e. The smallest absolute Gasteiger partial charge is 0.390 e. The zero-order valence-corrected chi connectivity index (χ0v) is 19.1. The molecular formula is C24H20F5N5O2. The normalized spacial score (nSPS) is 11.5. The molecule has 0 fully saturated rings. The Morgan fingerprint density at radius 3 is 2.53 bits per heavy atom. The van der Waals surface area contributed by atoms with Gasteiger partial charge in [0.25, 0.3) is 5.91 Å². The summed E-state index contributed by atoms with van der Waals surface area (Å²) in [4.78, 5) is 16.3. The lowest BCUT2D eigenvalue weighted by Gasteiger charge is -2.13. The number of imidazole rings is 1. The highest BCUT2D eigenvalue weighted by atomic mass is 19.4. The van der Waals surface area contributed by atoms with E-state index in [1.165, 1.54) is 29.9 Å². The van der Waals surface area contributed by atoms with Crippen molar-refractivity contribution in [2.45, 2.75) is 19.5 Å². The van der Waals surface area contributed by atoms with Crippen LogP contribution in [-0.4, -0.2) is 40.3 Å². The molecule has 4 aromatic rings. The molecule has 0 aliphatic carbocycles. The molecule has 0 saturated heterocycles. The number of fused-ring (bicyclic) bond motifs is 1. The van der Waals surface area contributed by atoms with Crippen molar-refractivity contribution in [2.75, 3.05) is 18.9 Å². The molecule has 36 heavy (non-hydrogen) atoms. The third-order valence-electron chi connectivity index (χ3n) is 5.28. The van der Waals surface area contributed by atoms with Gasteiger partial charge in [-0.05, 0) is 36.8 Å². The molecule has 4 rings (SSSR count). The Kier molecular flexibility index (Phi) is 6.77. The Labute approximate surface area is 201 Å². The van der Waals surface area contributed by atoms with Crippen LogP contribution in [0.3, 0.4) is 0 Å². The van der Waals surface area contributed by atoms with Gasteiger partial charge in [-0.15, -0.1) is 5.10 Å². The third kappa shape index (κ3) is 5.37. The van der Waals surface area contributed by atoms with E-state index >= 15 is 0 Å². The molecule has 0 aliphatic heterocycles. The highest BCUT2D eigenvalue weighted by molar-refractivity contribution is 5.96. The predicted octanol–water partition coefficient (Wildman–Crippen LogP) is 5.50. The molecule has 0 unspecified atom stereocenters. The number of halogens is 5. The fourth-order valence-corrected chi connectivity index (χ4v) is 3.54. The van der Waals surface area contributed by atoms with E-state index in [9.17, 15) is 26.7 Å². The van der Waals surface area contributed by atoms with Crippen molar-refractivity contribution in [3.63, 3.8) is 0 Å². The Bertz CT molecular complexity index is 1430. The Morgan fingerprint density at radius 2 is 1.86 bits per heavy atom. The van der Waals surface area contributed by atoms with Crippen LogP contribution in [0.15, 0.2) is 48.7 Å². The average Bonchev–Trinajstić information content (AvgIpc) is 3.24. The summed E-state index contributed by atoms with van der Waals surface area (Å²) in [5.74, 6) is -2.61. The van der Waals surface area contributed by atoms with Gasteiger partial charge in [-0.25, -0.2) is 18.3 Å². The van der Waals surface area contributed by atoms with E-state index in [0.29, 0.717) is 22.4 Å². The number of aromatic nitrogens is 3. The second kappa shape index (κ2) is 9.80. The molecule has 0 atom stereocenters. The van der Waals surface area contributed by atoms with Gasteiger partial charge in [0.1, 0.15) is 5.75 Å². The van der Waals surface area contributed by atoms with Crippen LogP contribution in [0.2, 0.25) is 0 Å². The van der Waals surface area contributed by atoms with Crippen LogP contribution in [-0.2, 0) is 0 Å². The van der Waals surface area contributed by atoms with Crippen molar-refractivity contribution in [3.05, 3.63) is 71.4 Å². The van der Waals surface area contributed by atoms with Crippen LogP contribution >= 0.6 is 0 Å². The zero-order valence-electron chi connectivity index (χ0n) is 19.1. The molecule has 2 aromatic heterocycles. The maximum absolute atomic E-state index is 13.6. The molecule has 0 radical (unpaired) electrons.